The number of carbonyl (C=O) groups excluding carboxylic acids is 1. The van der Waals surface area contributed by atoms with E-state index in [1.54, 1.807) is 43.4 Å². The number of hydrogen-bond acceptors (Lipinski definition) is 4. The summed E-state index contributed by atoms with van der Waals surface area (Å²) in [6.45, 7) is 1.59. The normalized spacial score (nSPS) is 15.7. The lowest BCUT2D eigenvalue weighted by Crippen LogP contribution is -2.31. The summed E-state index contributed by atoms with van der Waals surface area (Å²) in [5.41, 5.74) is 1.49. The van der Waals surface area contributed by atoms with E-state index in [1.807, 2.05) is 19.0 Å². The fourth-order valence-corrected chi connectivity index (χ4v) is 3.96. The van der Waals surface area contributed by atoms with E-state index in [-0.39, 0.29) is 17.5 Å². The summed E-state index contributed by atoms with van der Waals surface area (Å²) < 4.78 is 33.6. The molecule has 172 valence electrons. The third-order valence-corrected chi connectivity index (χ3v) is 6.01. The molecule has 0 aromatic heterocycles. The molecule has 1 saturated heterocycles. The Morgan fingerprint density at radius 3 is 2.15 bits per heavy atom. The molecule has 0 saturated carbocycles. The molecule has 0 spiro atoms. The van der Waals surface area contributed by atoms with Gasteiger partial charge in [0.2, 0.25) is 0 Å². The molecule has 3 aromatic rings. The fraction of sp³-hybridized carbons (Fsp3) is 0.269. The van der Waals surface area contributed by atoms with Gasteiger partial charge in [-0.05, 0) is 87.2 Å². The monoisotopic (exact) mass is 451 g/mol. The smallest absolute Gasteiger partial charge is 0.258 e. The van der Waals surface area contributed by atoms with Crippen molar-refractivity contribution in [1.29, 1.82) is 0 Å². The number of rotatable bonds is 6. The lowest BCUT2D eigenvalue weighted by atomic mass is 10.1. The predicted molar refractivity (Wildman–Crippen MR) is 126 cm³/mol. The molecule has 33 heavy (non-hydrogen) atoms. The van der Waals surface area contributed by atoms with Gasteiger partial charge in [-0.15, -0.1) is 0 Å². The Hall–Kier alpha value is -3.45. The summed E-state index contributed by atoms with van der Waals surface area (Å²) in [6, 6.07) is 17.6. The van der Waals surface area contributed by atoms with Gasteiger partial charge in [0.05, 0.1) is 5.69 Å². The van der Waals surface area contributed by atoms with Crippen LogP contribution in [0.3, 0.4) is 0 Å². The van der Waals surface area contributed by atoms with Gasteiger partial charge in [-0.3, -0.25) is 4.79 Å². The molecule has 1 atom stereocenters. The number of amides is 1. The number of carbonyl (C=O) groups is 1. The van der Waals surface area contributed by atoms with Crippen molar-refractivity contribution >= 4 is 17.3 Å². The van der Waals surface area contributed by atoms with Crippen molar-refractivity contribution in [2.75, 3.05) is 44.0 Å². The zero-order valence-corrected chi connectivity index (χ0v) is 19.0. The Balaban J connectivity index is 1.43. The van der Waals surface area contributed by atoms with Crippen LogP contribution in [0.1, 0.15) is 16.8 Å². The van der Waals surface area contributed by atoms with Gasteiger partial charge in [0.1, 0.15) is 23.1 Å². The second-order valence-electron chi connectivity index (χ2n) is 8.43. The van der Waals surface area contributed by atoms with Gasteiger partial charge in [-0.1, -0.05) is 0 Å². The topological polar surface area (TPSA) is 36.0 Å². The predicted octanol–water partition coefficient (Wildman–Crippen LogP) is 5.17. The molecule has 1 aliphatic rings. The van der Waals surface area contributed by atoms with Crippen molar-refractivity contribution in [3.63, 3.8) is 0 Å². The van der Waals surface area contributed by atoms with Crippen LogP contribution in [0.5, 0.6) is 11.5 Å². The van der Waals surface area contributed by atoms with Gasteiger partial charge < -0.3 is 19.4 Å². The second kappa shape index (κ2) is 9.58. The average molecular weight is 452 g/mol. The summed E-state index contributed by atoms with van der Waals surface area (Å²) in [7, 11) is 5.70. The number of halogens is 2. The van der Waals surface area contributed by atoms with Crippen molar-refractivity contribution in [2.24, 2.45) is 0 Å². The second-order valence-corrected chi connectivity index (χ2v) is 8.43. The first-order chi connectivity index (χ1) is 15.8. The minimum absolute atomic E-state index is 0.260. The van der Waals surface area contributed by atoms with Crippen LogP contribution in [0.4, 0.5) is 20.2 Å². The van der Waals surface area contributed by atoms with Gasteiger partial charge in [-0.25, -0.2) is 8.78 Å². The van der Waals surface area contributed by atoms with Gasteiger partial charge >= 0.3 is 0 Å². The van der Waals surface area contributed by atoms with Crippen LogP contribution in [0, 0.1) is 11.6 Å². The van der Waals surface area contributed by atoms with Gasteiger partial charge in [-0.2, -0.15) is 0 Å². The van der Waals surface area contributed by atoms with E-state index in [1.165, 1.54) is 35.2 Å². The maximum atomic E-state index is 14.9. The maximum Gasteiger partial charge on any atom is 0.258 e. The highest BCUT2D eigenvalue weighted by Gasteiger charge is 2.26. The lowest BCUT2D eigenvalue weighted by molar-refractivity contribution is 0.0993. The highest BCUT2D eigenvalue weighted by atomic mass is 19.1. The van der Waals surface area contributed by atoms with E-state index < -0.39 is 0 Å². The van der Waals surface area contributed by atoms with Crippen molar-refractivity contribution in [2.45, 2.75) is 12.5 Å². The van der Waals surface area contributed by atoms with E-state index >= 15 is 0 Å². The third-order valence-electron chi connectivity index (χ3n) is 6.01. The lowest BCUT2D eigenvalue weighted by Gasteiger charge is -2.23. The first kappa shape index (κ1) is 22.7. The molecule has 0 bridgehead atoms. The Labute approximate surface area is 192 Å². The molecule has 1 fully saturated rings. The minimum Gasteiger partial charge on any atom is -0.457 e. The van der Waals surface area contributed by atoms with Crippen molar-refractivity contribution in [1.82, 2.24) is 4.90 Å². The molecule has 1 heterocycles. The number of ether oxygens (including phenoxy) is 1. The first-order valence-corrected chi connectivity index (χ1v) is 10.8. The number of nitrogens with zero attached hydrogens (tertiary/aromatic N) is 3. The largest absolute Gasteiger partial charge is 0.457 e. The summed E-state index contributed by atoms with van der Waals surface area (Å²) in [4.78, 5) is 18.6. The van der Waals surface area contributed by atoms with E-state index in [2.05, 4.69) is 4.90 Å². The molecule has 7 heteroatoms. The first-order valence-electron chi connectivity index (χ1n) is 10.8. The van der Waals surface area contributed by atoms with Crippen molar-refractivity contribution < 1.29 is 18.3 Å². The molecule has 0 N–H and O–H groups in total. The molecule has 4 rings (SSSR count). The van der Waals surface area contributed by atoms with Crippen LogP contribution in [0.25, 0.3) is 0 Å². The zero-order chi connectivity index (χ0) is 23.5. The Kier molecular flexibility index (Phi) is 6.60. The fourth-order valence-electron chi connectivity index (χ4n) is 3.96. The van der Waals surface area contributed by atoms with Crippen LogP contribution in [0.15, 0.2) is 66.7 Å². The third kappa shape index (κ3) is 5.14. The molecular formula is C26H27F2N3O2. The van der Waals surface area contributed by atoms with Crippen molar-refractivity contribution in [3.8, 4) is 11.5 Å². The molecule has 0 radical (unpaired) electrons. The molecule has 5 nitrogen and oxygen atoms in total. The molecule has 3 aromatic carbocycles. The number of likely N-dealkylation sites (N-methyl/N-ethyl adjacent to an activating group) is 1. The van der Waals surface area contributed by atoms with Crippen LogP contribution in [-0.2, 0) is 0 Å². The van der Waals surface area contributed by atoms with Gasteiger partial charge in [0.15, 0.2) is 0 Å². The summed E-state index contributed by atoms with van der Waals surface area (Å²) in [5.74, 6) is 0.0869. The van der Waals surface area contributed by atoms with Crippen molar-refractivity contribution in [3.05, 3.63) is 83.9 Å². The summed E-state index contributed by atoms with van der Waals surface area (Å²) in [6.07, 6.45) is 0.994. The van der Waals surface area contributed by atoms with E-state index in [4.69, 9.17) is 4.74 Å². The Bertz CT molecular complexity index is 1120. The molecule has 1 aliphatic heterocycles. The molecule has 1 amide bonds. The van der Waals surface area contributed by atoms with E-state index in [0.717, 1.165) is 19.5 Å². The van der Waals surface area contributed by atoms with E-state index in [9.17, 15) is 13.6 Å². The summed E-state index contributed by atoms with van der Waals surface area (Å²) >= 11 is 0. The van der Waals surface area contributed by atoms with Crippen LogP contribution < -0.4 is 14.5 Å². The van der Waals surface area contributed by atoms with Gasteiger partial charge in [0.25, 0.3) is 5.91 Å². The SMILES string of the molecule is CN(C(=O)c1ccc(Oc2ccc(F)cc2)cc1)c1ccc(N2CCC(N(C)C)C2)c(F)c1. The highest BCUT2D eigenvalue weighted by Crippen LogP contribution is 2.29. The van der Waals surface area contributed by atoms with E-state index in [0.29, 0.717) is 34.5 Å². The highest BCUT2D eigenvalue weighted by molar-refractivity contribution is 6.05. The summed E-state index contributed by atoms with van der Waals surface area (Å²) in [5, 5.41) is 0. The average Bonchev–Trinajstić information content (AvgIpc) is 3.30. The number of hydrogen-bond donors (Lipinski definition) is 0. The zero-order valence-electron chi connectivity index (χ0n) is 19.0. The Morgan fingerprint density at radius 2 is 1.58 bits per heavy atom. The minimum atomic E-state index is -0.339. The number of benzene rings is 3. The standard InChI is InChI=1S/C26H27F2N3O2/c1-29(2)21-14-15-31(17-21)25-13-8-20(16-24(25)28)30(3)26(32)18-4-9-22(10-5-18)33-23-11-6-19(27)7-12-23/h4-13,16,21H,14-15,17H2,1-3H3. The quantitative estimate of drug-likeness (QED) is 0.518. The maximum absolute atomic E-state index is 14.9. The number of anilines is 2. The van der Waals surface area contributed by atoms with Crippen LogP contribution in [0.2, 0.25) is 0 Å². The van der Waals surface area contributed by atoms with Crippen LogP contribution >= 0.6 is 0 Å². The van der Waals surface area contributed by atoms with Crippen LogP contribution in [-0.4, -0.2) is 51.1 Å². The molecule has 1 unspecified atom stereocenters. The molecular weight excluding hydrogens is 424 g/mol. The molecule has 0 aliphatic carbocycles. The Morgan fingerprint density at radius 1 is 0.939 bits per heavy atom. The van der Waals surface area contributed by atoms with Gasteiger partial charge in [0, 0.05) is 37.4 Å².